The fourth-order valence-corrected chi connectivity index (χ4v) is 2.75. The third kappa shape index (κ3) is 6.63. The zero-order valence-electron chi connectivity index (χ0n) is 17.0. The van der Waals surface area contributed by atoms with Gasteiger partial charge in [-0.05, 0) is 42.0 Å². The summed E-state index contributed by atoms with van der Waals surface area (Å²) >= 11 is 0. The van der Waals surface area contributed by atoms with Crippen molar-refractivity contribution in [2.24, 2.45) is 0 Å². The van der Waals surface area contributed by atoms with Crippen LogP contribution in [0.1, 0.15) is 17.5 Å². The Kier molecular flexibility index (Phi) is 7.38. The van der Waals surface area contributed by atoms with Gasteiger partial charge in [-0.15, -0.1) is 0 Å². The molecule has 0 saturated heterocycles. The number of halogens is 3. The number of alkyl halides is 3. The minimum atomic E-state index is -4.71. The molecule has 1 aromatic carbocycles. The molecule has 3 aromatic rings. The number of pyridine rings is 2. The van der Waals surface area contributed by atoms with Crippen molar-refractivity contribution < 1.29 is 27.6 Å². The molecule has 0 fully saturated rings. The van der Waals surface area contributed by atoms with Crippen LogP contribution in [0.5, 0.6) is 5.75 Å². The van der Waals surface area contributed by atoms with Crippen LogP contribution in [0.15, 0.2) is 61.1 Å². The fraction of sp³-hybridized carbons (Fsp3) is 0.190. The van der Waals surface area contributed by atoms with Crippen molar-refractivity contribution in [3.05, 3.63) is 82.3 Å². The van der Waals surface area contributed by atoms with Crippen molar-refractivity contribution in [3.63, 3.8) is 0 Å². The monoisotopic (exact) mass is 461 g/mol. The second-order valence-corrected chi connectivity index (χ2v) is 6.71. The summed E-state index contributed by atoms with van der Waals surface area (Å²) in [6.45, 7) is 0.175. The number of hydrogen-bond acceptors (Lipinski definition) is 7. The lowest BCUT2D eigenvalue weighted by atomic mass is 10.1. The predicted molar refractivity (Wildman–Crippen MR) is 113 cm³/mol. The molecule has 3 rings (SSSR count). The summed E-state index contributed by atoms with van der Waals surface area (Å²) in [6.07, 6.45) is -0.114. The van der Waals surface area contributed by atoms with E-state index in [0.29, 0.717) is 11.8 Å². The molecule has 2 N–H and O–H groups in total. The summed E-state index contributed by atoms with van der Waals surface area (Å²) < 4.78 is 44.1. The Balaban J connectivity index is 1.58. The van der Waals surface area contributed by atoms with Gasteiger partial charge in [0.15, 0.2) is 11.6 Å². The number of carbonyl (C=O) groups is 1. The van der Waals surface area contributed by atoms with Crippen LogP contribution < -0.4 is 15.4 Å². The molecule has 0 radical (unpaired) electrons. The first-order valence-electron chi connectivity index (χ1n) is 9.60. The number of nitrogens with zero attached hydrogens (tertiary/aromatic N) is 3. The lowest BCUT2D eigenvalue weighted by Crippen LogP contribution is -2.18. The number of nitrogens with one attached hydrogen (secondary N) is 2. The maximum absolute atomic E-state index is 12.8. The van der Waals surface area contributed by atoms with Gasteiger partial charge in [0.25, 0.3) is 5.69 Å². The average molecular weight is 461 g/mol. The number of rotatable bonds is 9. The van der Waals surface area contributed by atoms with Crippen LogP contribution in [0.4, 0.5) is 30.4 Å². The third-order valence-electron chi connectivity index (χ3n) is 4.36. The van der Waals surface area contributed by atoms with Crippen LogP contribution in [0, 0.1) is 10.1 Å². The maximum Gasteiger partial charge on any atom is 0.416 e. The van der Waals surface area contributed by atoms with E-state index in [1.54, 1.807) is 36.7 Å². The second kappa shape index (κ2) is 10.4. The van der Waals surface area contributed by atoms with Gasteiger partial charge in [0.05, 0.1) is 10.5 Å². The summed E-state index contributed by atoms with van der Waals surface area (Å²) in [7, 11) is 0. The molecule has 0 aliphatic heterocycles. The minimum Gasteiger partial charge on any atom is -0.485 e. The SMILES string of the molecule is O=C(CCNc1ccc(C(F)(F)F)cc1[N+](=O)[O-])Nc1ncccc1OCc1ccncc1. The van der Waals surface area contributed by atoms with Crippen molar-refractivity contribution >= 4 is 23.1 Å². The lowest BCUT2D eigenvalue weighted by molar-refractivity contribution is -0.384. The number of anilines is 2. The Hall–Kier alpha value is -4.22. The Morgan fingerprint density at radius 3 is 2.58 bits per heavy atom. The number of aromatic nitrogens is 2. The first-order chi connectivity index (χ1) is 15.7. The van der Waals surface area contributed by atoms with Gasteiger partial charge in [0, 0.05) is 37.6 Å². The Morgan fingerprint density at radius 2 is 1.88 bits per heavy atom. The van der Waals surface area contributed by atoms with Crippen LogP contribution in [0.3, 0.4) is 0 Å². The number of hydrogen-bond donors (Lipinski definition) is 2. The summed E-state index contributed by atoms with van der Waals surface area (Å²) in [4.78, 5) is 30.5. The highest BCUT2D eigenvalue weighted by molar-refractivity contribution is 5.91. The minimum absolute atomic E-state index is 0.0575. The highest BCUT2D eigenvalue weighted by Crippen LogP contribution is 2.35. The van der Waals surface area contributed by atoms with Gasteiger partial charge in [-0.2, -0.15) is 13.2 Å². The smallest absolute Gasteiger partial charge is 0.416 e. The van der Waals surface area contributed by atoms with E-state index in [1.165, 1.54) is 6.20 Å². The highest BCUT2D eigenvalue weighted by Gasteiger charge is 2.33. The van der Waals surface area contributed by atoms with Gasteiger partial charge in [-0.25, -0.2) is 4.98 Å². The van der Waals surface area contributed by atoms with Gasteiger partial charge < -0.3 is 15.4 Å². The number of carbonyl (C=O) groups excluding carboxylic acids is 1. The maximum atomic E-state index is 12.8. The van der Waals surface area contributed by atoms with E-state index in [1.807, 2.05) is 0 Å². The lowest BCUT2D eigenvalue weighted by Gasteiger charge is -2.12. The number of benzene rings is 1. The van der Waals surface area contributed by atoms with Gasteiger partial charge >= 0.3 is 6.18 Å². The number of ether oxygens (including phenoxy) is 1. The predicted octanol–water partition coefficient (Wildman–Crippen LogP) is 4.42. The molecule has 9 nitrogen and oxygen atoms in total. The van der Waals surface area contributed by atoms with E-state index < -0.39 is 28.3 Å². The molecule has 2 aromatic heterocycles. The van der Waals surface area contributed by atoms with Crippen molar-refractivity contribution in [1.82, 2.24) is 9.97 Å². The molecule has 0 saturated carbocycles. The van der Waals surface area contributed by atoms with E-state index in [2.05, 4.69) is 20.6 Å². The van der Waals surface area contributed by atoms with Crippen LogP contribution in [0.25, 0.3) is 0 Å². The number of nitro groups is 1. The summed E-state index contributed by atoms with van der Waals surface area (Å²) in [5, 5.41) is 16.3. The molecule has 0 unspecified atom stereocenters. The normalized spacial score (nSPS) is 11.0. The van der Waals surface area contributed by atoms with E-state index in [9.17, 15) is 28.1 Å². The Morgan fingerprint density at radius 1 is 1.12 bits per heavy atom. The van der Waals surface area contributed by atoms with E-state index in [4.69, 9.17) is 4.74 Å². The standard InChI is InChI=1S/C21H18F3N5O4/c22-21(23,24)15-3-4-16(17(12-15)29(31)32)26-11-7-19(30)28-20-18(2-1-8-27-20)33-13-14-5-9-25-10-6-14/h1-6,8-10,12,26H,7,11,13H2,(H,27,28,30). The van der Waals surface area contributed by atoms with Crippen molar-refractivity contribution in [2.45, 2.75) is 19.2 Å². The van der Waals surface area contributed by atoms with Gasteiger partial charge in [0.2, 0.25) is 5.91 Å². The van der Waals surface area contributed by atoms with Crippen LogP contribution in [0.2, 0.25) is 0 Å². The second-order valence-electron chi connectivity index (χ2n) is 6.71. The topological polar surface area (TPSA) is 119 Å². The first kappa shape index (κ1) is 23.4. The van der Waals surface area contributed by atoms with Gasteiger partial charge in [-0.1, -0.05) is 0 Å². The summed E-state index contributed by atoms with van der Waals surface area (Å²) in [5.41, 5.74) is -1.12. The molecule has 172 valence electrons. The average Bonchev–Trinajstić information content (AvgIpc) is 2.78. The molecule has 0 bridgehead atoms. The molecule has 2 heterocycles. The van der Waals surface area contributed by atoms with Crippen LogP contribution >= 0.6 is 0 Å². The molecule has 1 amide bonds. The molecule has 0 spiro atoms. The third-order valence-corrected chi connectivity index (χ3v) is 4.36. The van der Waals surface area contributed by atoms with Crippen LogP contribution in [-0.4, -0.2) is 27.3 Å². The largest absolute Gasteiger partial charge is 0.485 e. The quantitative estimate of drug-likeness (QED) is 0.358. The fourth-order valence-electron chi connectivity index (χ4n) is 2.75. The van der Waals surface area contributed by atoms with Crippen molar-refractivity contribution in [2.75, 3.05) is 17.2 Å². The molecule has 0 atom stereocenters. The number of amides is 1. The van der Waals surface area contributed by atoms with E-state index in [0.717, 1.165) is 17.7 Å². The molecule has 33 heavy (non-hydrogen) atoms. The molecular weight excluding hydrogens is 443 g/mol. The van der Waals surface area contributed by atoms with Gasteiger partial charge in [0.1, 0.15) is 12.3 Å². The Bertz CT molecular complexity index is 1130. The van der Waals surface area contributed by atoms with Crippen molar-refractivity contribution in [1.29, 1.82) is 0 Å². The highest BCUT2D eigenvalue weighted by atomic mass is 19.4. The van der Waals surface area contributed by atoms with E-state index in [-0.39, 0.29) is 31.1 Å². The summed E-state index contributed by atoms with van der Waals surface area (Å²) in [5.74, 6) is 0.0654. The summed E-state index contributed by atoms with van der Waals surface area (Å²) in [6, 6.07) is 8.97. The van der Waals surface area contributed by atoms with Crippen molar-refractivity contribution in [3.8, 4) is 5.75 Å². The zero-order valence-corrected chi connectivity index (χ0v) is 17.0. The molecule has 0 aliphatic carbocycles. The molecule has 12 heteroatoms. The molecule has 0 aliphatic rings. The first-order valence-corrected chi connectivity index (χ1v) is 9.60. The number of nitro benzene ring substituents is 1. The molecular formula is C21H18F3N5O4. The van der Waals surface area contributed by atoms with Gasteiger partial charge in [-0.3, -0.25) is 19.9 Å². The van der Waals surface area contributed by atoms with Crippen LogP contribution in [-0.2, 0) is 17.6 Å². The van der Waals surface area contributed by atoms with E-state index >= 15 is 0 Å². The zero-order chi connectivity index (χ0) is 23.8. The Labute approximate surface area is 185 Å².